The quantitative estimate of drug-likeness (QED) is 0.201. The number of carbonyl (C=O) groups is 5. The van der Waals surface area contributed by atoms with Gasteiger partial charge in [-0.1, -0.05) is 50.3 Å². The van der Waals surface area contributed by atoms with Gasteiger partial charge in [-0.15, -0.1) is 0 Å². The Hall–Kier alpha value is -3.89. The second kappa shape index (κ2) is 16.7. The molecular formula is C26H38N4O7. The molecule has 0 fully saturated rings. The van der Waals surface area contributed by atoms with Crippen molar-refractivity contribution >= 4 is 29.8 Å². The monoisotopic (exact) mass is 518 g/mol. The molecule has 11 heteroatoms. The van der Waals surface area contributed by atoms with Gasteiger partial charge in [0.2, 0.25) is 17.7 Å². The highest BCUT2D eigenvalue weighted by Crippen LogP contribution is 2.09. The number of amides is 4. The molecule has 1 aromatic carbocycles. The summed E-state index contributed by atoms with van der Waals surface area (Å²) < 4.78 is 9.50. The van der Waals surface area contributed by atoms with Crippen LogP contribution in [0.3, 0.4) is 0 Å². The Bertz CT molecular complexity index is 934. The third kappa shape index (κ3) is 13.1. The van der Waals surface area contributed by atoms with Gasteiger partial charge in [0.1, 0.15) is 12.1 Å². The molecule has 1 aromatic rings. The van der Waals surface area contributed by atoms with Gasteiger partial charge in [0, 0.05) is 25.0 Å². The highest BCUT2D eigenvalue weighted by molar-refractivity contribution is 5.91. The number of nitrogens with one attached hydrogen (secondary N) is 3. The summed E-state index contributed by atoms with van der Waals surface area (Å²) in [4.78, 5) is 61.3. The topological polar surface area (TPSA) is 166 Å². The second-order valence-electron chi connectivity index (χ2n) is 8.80. The van der Waals surface area contributed by atoms with Gasteiger partial charge in [-0.25, -0.2) is 9.59 Å². The number of rotatable bonds is 15. The molecule has 0 aliphatic heterocycles. The number of alkyl carbamates (subject to hydrolysis) is 1. The van der Waals surface area contributed by atoms with Gasteiger partial charge in [0.15, 0.2) is 0 Å². The predicted molar refractivity (Wildman–Crippen MR) is 137 cm³/mol. The van der Waals surface area contributed by atoms with E-state index in [4.69, 9.17) is 10.5 Å². The third-order valence-electron chi connectivity index (χ3n) is 5.20. The van der Waals surface area contributed by atoms with Gasteiger partial charge < -0.3 is 31.2 Å². The molecule has 3 atom stereocenters. The number of nitrogens with two attached hydrogens (primary N) is 1. The lowest BCUT2D eigenvalue weighted by molar-refractivity contribution is -0.137. The Labute approximate surface area is 217 Å². The summed E-state index contributed by atoms with van der Waals surface area (Å²) in [6.45, 7) is 5.64. The van der Waals surface area contributed by atoms with Crippen LogP contribution in [0, 0.1) is 5.92 Å². The van der Waals surface area contributed by atoms with Crippen molar-refractivity contribution < 1.29 is 33.4 Å². The summed E-state index contributed by atoms with van der Waals surface area (Å²) in [6.07, 6.45) is 2.41. The van der Waals surface area contributed by atoms with E-state index >= 15 is 0 Å². The number of methoxy groups -OCH3 is 1. The smallest absolute Gasteiger partial charge is 0.407 e. The molecule has 0 bridgehead atoms. The van der Waals surface area contributed by atoms with Gasteiger partial charge in [-0.05, 0) is 31.2 Å². The first-order valence-corrected chi connectivity index (χ1v) is 12.2. The van der Waals surface area contributed by atoms with Crippen molar-refractivity contribution in [1.29, 1.82) is 0 Å². The minimum Gasteiger partial charge on any atom is -0.463 e. The van der Waals surface area contributed by atoms with Crippen molar-refractivity contribution in [3.8, 4) is 0 Å². The third-order valence-corrected chi connectivity index (χ3v) is 5.20. The van der Waals surface area contributed by atoms with Crippen LogP contribution in [0.15, 0.2) is 42.5 Å². The molecule has 0 heterocycles. The molecule has 0 unspecified atom stereocenters. The van der Waals surface area contributed by atoms with E-state index in [-0.39, 0.29) is 31.8 Å². The summed E-state index contributed by atoms with van der Waals surface area (Å²) >= 11 is 0. The standard InChI is InChI=1S/C26H38N4O7/c1-5-37-23(32)14-12-19(11-13-22(27)31)28-24(33)21(16-18-9-7-6-8-10-18)29-25(34)20(15-17(2)3)30-26(35)36-4/h6-10,12,14,17,19-21H,5,11,13,15-16H2,1-4H3,(H2,27,31)(H,28,33)(H,29,34)(H,30,35)/b14-12+/t19-,20-,21-/m0/s1. The SMILES string of the molecule is CCOC(=O)/C=C/[C@H](CCC(N)=O)NC(=O)[C@H](Cc1ccccc1)NC(=O)[C@H](CC(C)C)NC(=O)OC. The number of hydrogen-bond donors (Lipinski definition) is 4. The molecule has 4 amide bonds. The average molecular weight is 519 g/mol. The molecule has 0 aliphatic carbocycles. The van der Waals surface area contributed by atoms with Gasteiger partial charge in [0.05, 0.1) is 13.7 Å². The van der Waals surface area contributed by atoms with E-state index in [1.54, 1.807) is 6.92 Å². The molecule has 0 saturated carbocycles. The maximum absolute atomic E-state index is 13.3. The first-order chi connectivity index (χ1) is 17.5. The Morgan fingerprint density at radius 2 is 1.62 bits per heavy atom. The summed E-state index contributed by atoms with van der Waals surface area (Å²) in [5.74, 6) is -2.18. The zero-order valence-electron chi connectivity index (χ0n) is 21.8. The van der Waals surface area contributed by atoms with E-state index in [2.05, 4.69) is 20.7 Å². The second-order valence-corrected chi connectivity index (χ2v) is 8.80. The highest BCUT2D eigenvalue weighted by Gasteiger charge is 2.28. The van der Waals surface area contributed by atoms with E-state index in [9.17, 15) is 24.0 Å². The van der Waals surface area contributed by atoms with E-state index in [1.807, 2.05) is 44.2 Å². The summed E-state index contributed by atoms with van der Waals surface area (Å²) in [5.41, 5.74) is 6.05. The van der Waals surface area contributed by atoms with Crippen molar-refractivity contribution in [3.63, 3.8) is 0 Å². The fraction of sp³-hybridized carbons (Fsp3) is 0.500. The van der Waals surface area contributed by atoms with Crippen molar-refractivity contribution in [3.05, 3.63) is 48.0 Å². The van der Waals surface area contributed by atoms with Crippen LogP contribution in [0.1, 0.15) is 45.6 Å². The molecule has 204 valence electrons. The molecule has 0 spiro atoms. The first kappa shape index (κ1) is 31.1. The molecule has 0 aliphatic rings. The molecule has 0 radical (unpaired) electrons. The lowest BCUT2D eigenvalue weighted by Gasteiger charge is -2.25. The van der Waals surface area contributed by atoms with Crippen LogP contribution in [-0.2, 0) is 35.1 Å². The van der Waals surface area contributed by atoms with Crippen LogP contribution in [0.5, 0.6) is 0 Å². The minimum absolute atomic E-state index is 0.0344. The van der Waals surface area contributed by atoms with Crippen LogP contribution in [0.25, 0.3) is 0 Å². The largest absolute Gasteiger partial charge is 0.463 e. The summed E-state index contributed by atoms with van der Waals surface area (Å²) in [6, 6.07) is 6.42. The van der Waals surface area contributed by atoms with Gasteiger partial charge in [0.25, 0.3) is 0 Å². The number of ether oxygens (including phenoxy) is 2. The van der Waals surface area contributed by atoms with Crippen molar-refractivity contribution in [2.24, 2.45) is 11.7 Å². The summed E-state index contributed by atoms with van der Waals surface area (Å²) in [7, 11) is 1.20. The van der Waals surface area contributed by atoms with Gasteiger partial charge in [-0.2, -0.15) is 0 Å². The molecular weight excluding hydrogens is 480 g/mol. The van der Waals surface area contributed by atoms with E-state index < -0.39 is 47.9 Å². The average Bonchev–Trinajstić information content (AvgIpc) is 2.85. The Morgan fingerprint density at radius 1 is 0.973 bits per heavy atom. The molecule has 37 heavy (non-hydrogen) atoms. The van der Waals surface area contributed by atoms with Crippen LogP contribution in [0.4, 0.5) is 4.79 Å². The van der Waals surface area contributed by atoms with Crippen LogP contribution < -0.4 is 21.7 Å². The molecule has 1 rings (SSSR count). The first-order valence-electron chi connectivity index (χ1n) is 12.2. The number of primary amides is 1. The maximum atomic E-state index is 13.3. The van der Waals surface area contributed by atoms with Gasteiger partial charge >= 0.3 is 12.1 Å². The van der Waals surface area contributed by atoms with E-state index in [1.165, 1.54) is 19.3 Å². The summed E-state index contributed by atoms with van der Waals surface area (Å²) in [5, 5.41) is 7.99. The fourth-order valence-corrected chi connectivity index (χ4v) is 3.42. The Kier molecular flexibility index (Phi) is 14.1. The van der Waals surface area contributed by atoms with Crippen molar-refractivity contribution in [2.45, 2.75) is 64.6 Å². The lowest BCUT2D eigenvalue weighted by Crippen LogP contribution is -2.55. The molecule has 0 saturated heterocycles. The Balaban J connectivity index is 3.15. The van der Waals surface area contributed by atoms with Crippen molar-refractivity contribution in [2.75, 3.05) is 13.7 Å². The fourth-order valence-electron chi connectivity index (χ4n) is 3.42. The molecule has 11 nitrogen and oxygen atoms in total. The van der Waals surface area contributed by atoms with E-state index in [0.29, 0.717) is 6.42 Å². The highest BCUT2D eigenvalue weighted by atomic mass is 16.5. The lowest BCUT2D eigenvalue weighted by atomic mass is 10.0. The predicted octanol–water partition coefficient (Wildman–Crippen LogP) is 1.35. The van der Waals surface area contributed by atoms with E-state index in [0.717, 1.165) is 5.56 Å². The minimum atomic E-state index is -1.02. The number of carbonyl (C=O) groups excluding carboxylic acids is 5. The molecule has 0 aromatic heterocycles. The van der Waals surface area contributed by atoms with Crippen LogP contribution in [0.2, 0.25) is 0 Å². The maximum Gasteiger partial charge on any atom is 0.407 e. The van der Waals surface area contributed by atoms with Crippen molar-refractivity contribution in [1.82, 2.24) is 16.0 Å². The Morgan fingerprint density at radius 3 is 2.19 bits per heavy atom. The molecule has 5 N–H and O–H groups in total. The van der Waals surface area contributed by atoms with Crippen LogP contribution in [-0.4, -0.2) is 61.6 Å². The van der Waals surface area contributed by atoms with Crippen LogP contribution >= 0.6 is 0 Å². The normalized spacial score (nSPS) is 13.3. The zero-order chi connectivity index (χ0) is 27.8. The van der Waals surface area contributed by atoms with Gasteiger partial charge in [-0.3, -0.25) is 14.4 Å². The zero-order valence-corrected chi connectivity index (χ0v) is 21.8. The number of benzene rings is 1. The number of esters is 1. The number of hydrogen-bond acceptors (Lipinski definition) is 7.